The topological polar surface area (TPSA) is 12.0 Å². The normalized spacial score (nSPS) is 17.8. The lowest BCUT2D eigenvalue weighted by Gasteiger charge is -2.28. The molecule has 0 bridgehead atoms. The zero-order valence-corrected chi connectivity index (χ0v) is 10.9. The minimum absolute atomic E-state index is 0.205. The summed E-state index contributed by atoms with van der Waals surface area (Å²) in [6.07, 6.45) is 4.78. The van der Waals surface area contributed by atoms with Crippen molar-refractivity contribution >= 4 is 11.6 Å². The number of halogens is 2. The number of hydrogen-bond donors (Lipinski definition) is 1. The van der Waals surface area contributed by atoms with E-state index in [4.69, 9.17) is 11.6 Å². The van der Waals surface area contributed by atoms with Crippen molar-refractivity contribution in [2.24, 2.45) is 5.92 Å². The fourth-order valence-corrected chi connectivity index (χ4v) is 2.32. The molecule has 1 atom stereocenters. The van der Waals surface area contributed by atoms with Crippen LogP contribution in [0.1, 0.15) is 31.7 Å². The summed E-state index contributed by atoms with van der Waals surface area (Å²) in [5.41, 5.74) is 0.912. The number of rotatable bonds is 5. The maximum atomic E-state index is 13.1. The predicted octanol–water partition coefficient (Wildman–Crippen LogP) is 3.80. The minimum atomic E-state index is -0.205. The fourth-order valence-electron chi connectivity index (χ4n) is 2.13. The first-order chi connectivity index (χ1) is 8.15. The van der Waals surface area contributed by atoms with E-state index in [-0.39, 0.29) is 5.82 Å². The maximum absolute atomic E-state index is 13.1. The molecule has 1 aliphatic carbocycles. The van der Waals surface area contributed by atoms with Crippen molar-refractivity contribution in [3.8, 4) is 0 Å². The first-order valence-electron chi connectivity index (χ1n) is 6.32. The highest BCUT2D eigenvalue weighted by Gasteiger charge is 2.17. The fraction of sp³-hybridized carbons (Fsp3) is 0.571. The Labute approximate surface area is 107 Å². The number of hydrogen-bond acceptors (Lipinski definition) is 1. The second kappa shape index (κ2) is 5.83. The molecule has 1 aromatic rings. The molecule has 0 spiro atoms. The highest BCUT2D eigenvalue weighted by atomic mass is 35.5. The van der Waals surface area contributed by atoms with Gasteiger partial charge in [0.2, 0.25) is 0 Å². The third-order valence-corrected chi connectivity index (χ3v) is 3.81. The summed E-state index contributed by atoms with van der Waals surface area (Å²) >= 11 is 6.05. The molecule has 1 N–H and O–H groups in total. The van der Waals surface area contributed by atoms with Crippen LogP contribution in [0.2, 0.25) is 5.02 Å². The Kier molecular flexibility index (Phi) is 4.41. The molecule has 0 heterocycles. The van der Waals surface area contributed by atoms with E-state index < -0.39 is 0 Å². The average Bonchev–Trinajstić information content (AvgIpc) is 2.21. The van der Waals surface area contributed by atoms with Crippen LogP contribution >= 0.6 is 11.6 Å². The first kappa shape index (κ1) is 12.8. The van der Waals surface area contributed by atoms with Crippen molar-refractivity contribution in [1.82, 2.24) is 5.32 Å². The molecule has 0 saturated heterocycles. The third kappa shape index (κ3) is 3.68. The molecule has 0 radical (unpaired) electrons. The van der Waals surface area contributed by atoms with Gasteiger partial charge in [-0.05, 0) is 55.5 Å². The average molecular weight is 256 g/mol. The van der Waals surface area contributed by atoms with Crippen LogP contribution in [0.4, 0.5) is 4.39 Å². The monoisotopic (exact) mass is 255 g/mol. The summed E-state index contributed by atoms with van der Waals surface area (Å²) in [6, 6.07) is 5.30. The molecule has 17 heavy (non-hydrogen) atoms. The van der Waals surface area contributed by atoms with Crippen LogP contribution in [0.3, 0.4) is 0 Å². The van der Waals surface area contributed by atoms with Gasteiger partial charge in [-0.2, -0.15) is 0 Å². The molecule has 1 aromatic carbocycles. The molecule has 0 aromatic heterocycles. The zero-order valence-electron chi connectivity index (χ0n) is 10.2. The van der Waals surface area contributed by atoms with E-state index in [9.17, 15) is 4.39 Å². The zero-order chi connectivity index (χ0) is 12.3. The van der Waals surface area contributed by atoms with Crippen molar-refractivity contribution in [2.75, 3.05) is 6.54 Å². The second-order valence-electron chi connectivity index (χ2n) is 5.08. The van der Waals surface area contributed by atoms with Crippen LogP contribution in [0.25, 0.3) is 0 Å². The quantitative estimate of drug-likeness (QED) is 0.844. The van der Waals surface area contributed by atoms with E-state index in [2.05, 4.69) is 12.2 Å². The Morgan fingerprint density at radius 3 is 2.88 bits per heavy atom. The molecule has 1 unspecified atom stereocenters. The van der Waals surface area contributed by atoms with Crippen molar-refractivity contribution < 1.29 is 4.39 Å². The number of benzene rings is 1. The molecule has 1 aliphatic rings. The Balaban J connectivity index is 1.83. The molecular weight excluding hydrogens is 237 g/mol. The lowest BCUT2D eigenvalue weighted by Crippen LogP contribution is -2.38. The van der Waals surface area contributed by atoms with Gasteiger partial charge in [-0.1, -0.05) is 24.9 Å². The van der Waals surface area contributed by atoms with Gasteiger partial charge >= 0.3 is 0 Å². The Bertz CT molecular complexity index is 376. The molecule has 1 fully saturated rings. The summed E-state index contributed by atoms with van der Waals surface area (Å²) in [5, 5.41) is 4.20. The van der Waals surface area contributed by atoms with Crippen LogP contribution in [-0.4, -0.2) is 12.6 Å². The van der Waals surface area contributed by atoms with E-state index in [0.29, 0.717) is 17.0 Å². The molecule has 1 nitrogen and oxygen atoms in total. The van der Waals surface area contributed by atoms with Crippen LogP contribution in [0.5, 0.6) is 0 Å². The van der Waals surface area contributed by atoms with Crippen molar-refractivity contribution in [2.45, 2.75) is 38.6 Å². The summed E-state index contributed by atoms with van der Waals surface area (Å²) in [5.74, 6) is 0.276. The first-order valence-corrected chi connectivity index (χ1v) is 6.70. The summed E-state index contributed by atoms with van der Waals surface area (Å²) in [7, 11) is 0. The maximum Gasteiger partial charge on any atom is 0.123 e. The van der Waals surface area contributed by atoms with Crippen LogP contribution in [0.15, 0.2) is 18.2 Å². The molecular formula is C14H19ClFN. The van der Waals surface area contributed by atoms with Crippen LogP contribution < -0.4 is 5.32 Å². The smallest absolute Gasteiger partial charge is 0.123 e. The largest absolute Gasteiger partial charge is 0.314 e. The van der Waals surface area contributed by atoms with Crippen LogP contribution in [-0.2, 0) is 6.42 Å². The van der Waals surface area contributed by atoms with Gasteiger partial charge in [0, 0.05) is 11.1 Å². The van der Waals surface area contributed by atoms with Crippen molar-refractivity contribution in [3.63, 3.8) is 0 Å². The molecule has 1 saturated carbocycles. The highest BCUT2D eigenvalue weighted by molar-refractivity contribution is 6.31. The van der Waals surface area contributed by atoms with Gasteiger partial charge in [0.05, 0.1) is 0 Å². The molecule has 94 valence electrons. The molecule has 2 rings (SSSR count). The summed E-state index contributed by atoms with van der Waals surface area (Å²) in [4.78, 5) is 0. The Morgan fingerprint density at radius 1 is 1.47 bits per heavy atom. The van der Waals surface area contributed by atoms with Crippen LogP contribution in [0, 0.1) is 11.7 Å². The van der Waals surface area contributed by atoms with Crippen molar-refractivity contribution in [1.29, 1.82) is 0 Å². The van der Waals surface area contributed by atoms with E-state index in [1.165, 1.54) is 25.3 Å². The van der Waals surface area contributed by atoms with Gasteiger partial charge in [0.25, 0.3) is 0 Å². The van der Waals surface area contributed by atoms with Gasteiger partial charge in [0.15, 0.2) is 0 Å². The lowest BCUT2D eigenvalue weighted by atomic mass is 9.92. The standard InChI is InChI=1S/C14H19ClFN/c1-10(9-17-13-3-2-4-13)7-11-8-12(16)5-6-14(11)15/h5-6,8,10,13,17H,2-4,7,9H2,1H3. The van der Waals surface area contributed by atoms with Gasteiger partial charge in [-0.25, -0.2) is 4.39 Å². The van der Waals surface area contributed by atoms with E-state index in [1.807, 2.05) is 0 Å². The van der Waals surface area contributed by atoms with E-state index >= 15 is 0 Å². The molecule has 0 aliphatic heterocycles. The Hall–Kier alpha value is -0.600. The van der Waals surface area contributed by atoms with E-state index in [1.54, 1.807) is 12.1 Å². The lowest BCUT2D eigenvalue weighted by molar-refractivity contribution is 0.320. The molecule has 3 heteroatoms. The predicted molar refractivity (Wildman–Crippen MR) is 69.9 cm³/mol. The summed E-state index contributed by atoms with van der Waals surface area (Å²) < 4.78 is 13.1. The van der Waals surface area contributed by atoms with Gasteiger partial charge in [-0.3, -0.25) is 0 Å². The number of nitrogens with one attached hydrogen (secondary N) is 1. The highest BCUT2D eigenvalue weighted by Crippen LogP contribution is 2.21. The van der Waals surface area contributed by atoms with Gasteiger partial charge in [-0.15, -0.1) is 0 Å². The summed E-state index contributed by atoms with van der Waals surface area (Å²) in [6.45, 7) is 3.16. The SMILES string of the molecule is CC(CNC1CCC1)Cc1cc(F)ccc1Cl. The molecule has 0 amide bonds. The van der Waals surface area contributed by atoms with Gasteiger partial charge in [0.1, 0.15) is 5.82 Å². The van der Waals surface area contributed by atoms with E-state index in [0.717, 1.165) is 18.5 Å². The Morgan fingerprint density at radius 2 is 2.24 bits per heavy atom. The second-order valence-corrected chi connectivity index (χ2v) is 5.49. The minimum Gasteiger partial charge on any atom is -0.314 e. The van der Waals surface area contributed by atoms with Crippen molar-refractivity contribution in [3.05, 3.63) is 34.6 Å². The third-order valence-electron chi connectivity index (χ3n) is 3.44. The van der Waals surface area contributed by atoms with Gasteiger partial charge < -0.3 is 5.32 Å².